The highest BCUT2D eigenvalue weighted by molar-refractivity contribution is 7.22. The number of nitrogens with one attached hydrogen (secondary N) is 5. The van der Waals surface area contributed by atoms with E-state index in [0.29, 0.717) is 114 Å². The van der Waals surface area contributed by atoms with E-state index in [1.807, 2.05) is 124 Å². The lowest BCUT2D eigenvalue weighted by Crippen LogP contribution is -2.23. The number of nitrogen functional groups attached to an aromatic ring is 5. The van der Waals surface area contributed by atoms with Crippen LogP contribution in [0.25, 0.3) is 51.1 Å². The predicted molar refractivity (Wildman–Crippen MR) is 447 cm³/mol. The molecular formula is C78H79FN24O6S5. The van der Waals surface area contributed by atoms with E-state index in [1.165, 1.54) is 63.0 Å². The van der Waals surface area contributed by atoms with Crippen molar-refractivity contribution in [3.63, 3.8) is 0 Å². The molecule has 15 rings (SSSR count). The van der Waals surface area contributed by atoms with E-state index in [2.05, 4.69) is 97.5 Å². The summed E-state index contributed by atoms with van der Waals surface area (Å²) in [6.45, 7) is 22.3. The normalized spacial score (nSPS) is 10.9. The molecule has 0 unspecified atom stereocenters. The number of halogens is 1. The molecule has 0 fully saturated rings. The van der Waals surface area contributed by atoms with Gasteiger partial charge >= 0.3 is 0 Å². The number of rotatable bonds is 16. The number of aromatic nitrogens is 14. The second-order valence-corrected chi connectivity index (χ2v) is 30.9. The second kappa shape index (κ2) is 36.5. The molecule has 13 heterocycles. The molecule has 0 aliphatic heterocycles. The molecular weight excluding hydrogens is 1550 g/mol. The average molecular weight is 1630 g/mol. The van der Waals surface area contributed by atoms with Crippen molar-refractivity contribution in [2.45, 2.75) is 109 Å². The van der Waals surface area contributed by atoms with Crippen molar-refractivity contribution in [2.24, 2.45) is 0 Å². The summed E-state index contributed by atoms with van der Waals surface area (Å²) in [7, 11) is 1.62. The smallest absolute Gasteiger partial charge is 0.263 e. The molecule has 0 spiro atoms. The molecule has 30 nitrogen and oxygen atoms in total. The maximum Gasteiger partial charge on any atom is 0.263 e. The molecule has 15 aromatic rings. The van der Waals surface area contributed by atoms with Crippen LogP contribution in [0.1, 0.15) is 138 Å². The zero-order valence-electron chi connectivity index (χ0n) is 63.9. The Labute approximate surface area is 672 Å². The van der Waals surface area contributed by atoms with Gasteiger partial charge in [-0.1, -0.05) is 36.4 Å². The number of fused-ring (bicyclic) bond motifs is 5. The van der Waals surface area contributed by atoms with Crippen LogP contribution in [0, 0.1) is 82.0 Å². The van der Waals surface area contributed by atoms with Crippen LogP contribution < -0.4 is 60.0 Å². The van der Waals surface area contributed by atoms with Crippen LogP contribution in [0.15, 0.2) is 110 Å². The van der Waals surface area contributed by atoms with E-state index in [4.69, 9.17) is 33.4 Å². The number of methoxy groups -OCH3 is 1. The van der Waals surface area contributed by atoms with Gasteiger partial charge in [-0.05, 0) is 163 Å². The summed E-state index contributed by atoms with van der Waals surface area (Å²) in [6.07, 6.45) is 8.14. The molecule has 0 radical (unpaired) electrons. The fourth-order valence-electron chi connectivity index (χ4n) is 11.3. The molecule has 13 aromatic heterocycles. The number of pyridine rings is 2. The lowest BCUT2D eigenvalue weighted by Gasteiger charge is -2.07. The third-order valence-corrected chi connectivity index (χ3v) is 23.9. The summed E-state index contributed by atoms with van der Waals surface area (Å²) in [5.74, 6) is -0.728. The Morgan fingerprint density at radius 1 is 0.360 bits per heavy atom. The third kappa shape index (κ3) is 18.5. The summed E-state index contributed by atoms with van der Waals surface area (Å²) in [4.78, 5) is 83.6. The molecule has 5 amide bonds. The highest BCUT2D eigenvalue weighted by Crippen LogP contribution is 2.40. The number of hydrogen-bond acceptors (Lipinski definition) is 30. The van der Waals surface area contributed by atoms with Crippen molar-refractivity contribution >= 4 is 166 Å². The summed E-state index contributed by atoms with van der Waals surface area (Å²) < 4.78 is 19.1. The highest BCUT2D eigenvalue weighted by atomic mass is 32.1. The van der Waals surface area contributed by atoms with Crippen molar-refractivity contribution in [1.29, 1.82) is 0 Å². The van der Waals surface area contributed by atoms with Gasteiger partial charge in [0.05, 0.1) is 88.5 Å². The number of hydrogen-bond donors (Lipinski definition) is 10. The van der Waals surface area contributed by atoms with E-state index in [1.54, 1.807) is 63.1 Å². The predicted octanol–water partition coefficient (Wildman–Crippen LogP) is 12.1. The number of nitrogens with zero attached hydrogens (tertiary/aromatic N) is 14. The molecule has 0 aliphatic carbocycles. The Balaban J connectivity index is 0.000000141. The minimum atomic E-state index is -0.339. The number of nitrogens with two attached hydrogens (primary N) is 5. The molecule has 36 heteroatoms. The van der Waals surface area contributed by atoms with Crippen LogP contribution in [0.5, 0.6) is 5.75 Å². The quantitative estimate of drug-likeness (QED) is 0.0429. The topological polar surface area (TPSA) is 465 Å². The first-order valence-electron chi connectivity index (χ1n) is 35.0. The van der Waals surface area contributed by atoms with Crippen molar-refractivity contribution in [3.8, 4) is 5.75 Å². The molecule has 0 saturated heterocycles. The van der Waals surface area contributed by atoms with Crippen molar-refractivity contribution < 1.29 is 33.1 Å². The lowest BCUT2D eigenvalue weighted by molar-refractivity contribution is 0.0947. The van der Waals surface area contributed by atoms with Gasteiger partial charge in [-0.3, -0.25) is 33.9 Å². The molecule has 0 atom stereocenters. The minimum absolute atomic E-state index is 0.101. The Bertz CT molecular complexity index is 5760. The summed E-state index contributed by atoms with van der Waals surface area (Å²) >= 11 is 6.23. The molecule has 0 saturated carbocycles. The number of anilines is 5. The van der Waals surface area contributed by atoms with Crippen molar-refractivity contribution in [1.82, 2.24) is 97.5 Å². The van der Waals surface area contributed by atoms with Gasteiger partial charge in [0.15, 0.2) is 0 Å². The zero-order valence-corrected chi connectivity index (χ0v) is 68.0. The molecule has 0 aliphatic rings. The number of carbonyl (C=O) groups is 5. The van der Waals surface area contributed by atoms with E-state index in [0.717, 1.165) is 111 Å². The molecule has 15 N–H and O–H groups in total. The van der Waals surface area contributed by atoms with Gasteiger partial charge < -0.3 is 60.0 Å². The van der Waals surface area contributed by atoms with Crippen LogP contribution in [0.3, 0.4) is 0 Å². The summed E-state index contributed by atoms with van der Waals surface area (Å²) in [5, 5.41) is 59.1. The number of aryl methyl sites for hydroxylation is 11. The van der Waals surface area contributed by atoms with Crippen LogP contribution in [-0.2, 0) is 32.7 Å². The van der Waals surface area contributed by atoms with E-state index in [-0.39, 0.29) is 41.9 Å². The monoisotopic (exact) mass is 1630 g/mol. The Morgan fingerprint density at radius 3 is 1.03 bits per heavy atom. The van der Waals surface area contributed by atoms with Gasteiger partial charge in [0.25, 0.3) is 29.5 Å². The van der Waals surface area contributed by atoms with Crippen molar-refractivity contribution in [2.75, 3.05) is 35.8 Å². The van der Waals surface area contributed by atoms with Crippen LogP contribution in [0.2, 0.25) is 0 Å². The Kier molecular flexibility index (Phi) is 26.3. The zero-order chi connectivity index (χ0) is 81.8. The second-order valence-electron chi connectivity index (χ2n) is 25.9. The SMILES string of the molecule is COc1ccc(CNC(=O)c2sc3nnc(C)c(C)c3c2N)cc1.Cc1cccc(CNC(=O)c2sc3nnc(C)c(C)c3c2N)c1F.Cc1nnc2sc(C(=O)NCc3ccccn3)c(N)c2c1C.Cc1nnc2sc(C(=O)NCc3ccncc3)c(N)c2c1C.Cc1nnc2sc(C(=O)NCc3ccncn3)c(N)c2c1C. The van der Waals surface area contributed by atoms with Gasteiger partial charge in [-0.2, -0.15) is 25.5 Å². The first-order chi connectivity index (χ1) is 54.6. The van der Waals surface area contributed by atoms with Crippen LogP contribution in [0.4, 0.5) is 32.8 Å². The number of benzene rings is 2. The first kappa shape index (κ1) is 82.1. The number of thiophene rings is 5. The number of carbonyl (C=O) groups excluding carboxylic acids is 5. The molecule has 0 bridgehead atoms. The average Bonchev–Trinajstić information content (AvgIpc) is 1.66. The van der Waals surface area contributed by atoms with Crippen molar-refractivity contribution in [3.05, 3.63) is 230 Å². The largest absolute Gasteiger partial charge is 0.497 e. The molecule has 2 aromatic carbocycles. The van der Waals surface area contributed by atoms with E-state index >= 15 is 0 Å². The fourth-order valence-corrected chi connectivity index (χ4v) is 16.4. The Hall–Kier alpha value is -12.9. The standard InChI is InChI=1S/C17H17FN4OS.C17H18N4O2S.2C15H15N5OS.C14H14N6OS/c1-8-5-4-6-11(13(8)18)7-20-16(23)15-14(19)12-9(2)10(3)21-22-17(12)24-15;1-9-10(2)20-21-17-13(9)14(18)15(24-17)16(22)19-8-11-4-6-12(23-3)7-5-11;1-8-9(2)19-20-15-11(8)12(16)13(22-15)14(21)18-7-10-3-5-17-6-4-10;1-8-9(2)19-20-15-11(8)12(16)13(22-15)14(21)18-7-10-5-3-4-6-17-10;1-7-8(2)19-20-14-10(7)11(15)12(22-14)13(21)17-5-9-3-4-16-6-18-9/h4-6H,7,19H2,1-3H3,(H,20,23);4-7H,8,18H2,1-3H3,(H,19,22);2*3-6H,7,16H2,1-2H3,(H,18,21);3-4,6H,5,15H2,1-2H3,(H,17,21). The Morgan fingerprint density at radius 2 is 0.693 bits per heavy atom. The van der Waals surface area contributed by atoms with Gasteiger partial charge in [0.2, 0.25) is 0 Å². The van der Waals surface area contributed by atoms with E-state index < -0.39 is 0 Å². The first-order valence-corrected chi connectivity index (χ1v) is 39.1. The molecule has 584 valence electrons. The molecule has 114 heavy (non-hydrogen) atoms. The van der Waals surface area contributed by atoms with E-state index in [9.17, 15) is 28.4 Å². The lowest BCUT2D eigenvalue weighted by atomic mass is 10.1. The maximum atomic E-state index is 14.0. The van der Waals surface area contributed by atoms with Crippen LogP contribution >= 0.6 is 56.7 Å². The van der Waals surface area contributed by atoms with Gasteiger partial charge in [-0.15, -0.1) is 82.2 Å². The van der Waals surface area contributed by atoms with Gasteiger partial charge in [-0.25, -0.2) is 14.4 Å². The summed E-state index contributed by atoms with van der Waals surface area (Å²) in [6, 6.07) is 23.7. The summed E-state index contributed by atoms with van der Waals surface area (Å²) in [5.41, 5.74) is 46.3. The highest BCUT2D eigenvalue weighted by Gasteiger charge is 2.26. The number of amides is 5. The van der Waals surface area contributed by atoms with Gasteiger partial charge in [0.1, 0.15) is 66.4 Å². The number of ether oxygens (including phenoxy) is 1. The third-order valence-electron chi connectivity index (χ3n) is 18.5. The maximum absolute atomic E-state index is 14.0. The fraction of sp³-hybridized carbons (Fsp3) is 0.218. The van der Waals surface area contributed by atoms with Crippen LogP contribution in [-0.4, -0.2) is 108 Å². The van der Waals surface area contributed by atoms with Gasteiger partial charge in [0, 0.05) is 76.9 Å². The minimum Gasteiger partial charge on any atom is -0.497 e.